The summed E-state index contributed by atoms with van der Waals surface area (Å²) in [5.41, 5.74) is 3.96. The zero-order valence-corrected chi connectivity index (χ0v) is 15.4. The normalized spacial score (nSPS) is 15.0. The van der Waals surface area contributed by atoms with Crippen LogP contribution in [0.15, 0.2) is 90.5 Å². The first-order valence-corrected chi connectivity index (χ1v) is 8.92. The number of phenolic OH excluding ortho intramolecular Hbond substituents is 1. The molecule has 1 aliphatic rings. The van der Waals surface area contributed by atoms with Crippen LogP contribution in [0.3, 0.4) is 0 Å². The number of benzene rings is 3. The molecule has 0 atom stereocenters. The predicted octanol–water partition coefficient (Wildman–Crippen LogP) is 4.87. The summed E-state index contributed by atoms with van der Waals surface area (Å²) < 4.78 is 5.19. The Labute approximate surface area is 163 Å². The molecule has 4 nitrogen and oxygen atoms in total. The van der Waals surface area contributed by atoms with Gasteiger partial charge in [0.1, 0.15) is 11.5 Å². The molecule has 1 amide bonds. The zero-order valence-electron chi connectivity index (χ0n) is 15.4. The third kappa shape index (κ3) is 3.40. The number of methoxy groups -OCH3 is 1. The highest BCUT2D eigenvalue weighted by atomic mass is 16.5. The minimum Gasteiger partial charge on any atom is -0.508 e. The van der Waals surface area contributed by atoms with E-state index in [2.05, 4.69) is 0 Å². The topological polar surface area (TPSA) is 49.8 Å². The van der Waals surface area contributed by atoms with Gasteiger partial charge in [-0.2, -0.15) is 0 Å². The van der Waals surface area contributed by atoms with E-state index in [0.717, 1.165) is 22.6 Å². The number of carbonyl (C=O) groups excluding carboxylic acids is 1. The van der Waals surface area contributed by atoms with E-state index in [1.807, 2.05) is 66.7 Å². The Morgan fingerprint density at radius 1 is 0.893 bits per heavy atom. The molecule has 28 heavy (non-hydrogen) atoms. The molecule has 1 aliphatic heterocycles. The standard InChI is InChI=1S/C24H19NO3/c1-28-22-13-7-17(8-14-22)15-19-16-23(18-5-3-2-4-6-18)25(24(19)27)20-9-11-21(26)12-10-20/h2-16,26H,1H3. The van der Waals surface area contributed by atoms with Crippen molar-refractivity contribution in [3.8, 4) is 11.5 Å². The van der Waals surface area contributed by atoms with Crippen molar-refractivity contribution in [1.29, 1.82) is 0 Å². The fourth-order valence-electron chi connectivity index (χ4n) is 3.17. The number of amides is 1. The molecule has 3 aromatic rings. The predicted molar refractivity (Wildman–Crippen MR) is 111 cm³/mol. The first-order valence-electron chi connectivity index (χ1n) is 8.92. The van der Waals surface area contributed by atoms with Gasteiger partial charge in [0.25, 0.3) is 5.91 Å². The summed E-state index contributed by atoms with van der Waals surface area (Å²) in [6.07, 6.45) is 3.76. The van der Waals surface area contributed by atoms with Gasteiger partial charge in [0.2, 0.25) is 0 Å². The molecule has 0 aromatic heterocycles. The quantitative estimate of drug-likeness (QED) is 0.668. The van der Waals surface area contributed by atoms with E-state index >= 15 is 0 Å². The molecule has 0 fully saturated rings. The summed E-state index contributed by atoms with van der Waals surface area (Å²) in [5, 5.41) is 9.60. The maximum atomic E-state index is 13.2. The van der Waals surface area contributed by atoms with Gasteiger partial charge >= 0.3 is 0 Å². The van der Waals surface area contributed by atoms with E-state index in [1.54, 1.807) is 36.3 Å². The van der Waals surface area contributed by atoms with Crippen LogP contribution in [0.25, 0.3) is 11.8 Å². The highest BCUT2D eigenvalue weighted by Crippen LogP contribution is 2.35. The Hall–Kier alpha value is -3.79. The number of anilines is 1. The van der Waals surface area contributed by atoms with Gasteiger partial charge in [-0.05, 0) is 59.7 Å². The monoisotopic (exact) mass is 369 g/mol. The van der Waals surface area contributed by atoms with E-state index in [-0.39, 0.29) is 11.7 Å². The van der Waals surface area contributed by atoms with Gasteiger partial charge < -0.3 is 9.84 Å². The molecule has 4 heteroatoms. The van der Waals surface area contributed by atoms with Gasteiger partial charge in [0, 0.05) is 11.3 Å². The lowest BCUT2D eigenvalue weighted by Gasteiger charge is -2.20. The van der Waals surface area contributed by atoms with E-state index < -0.39 is 0 Å². The van der Waals surface area contributed by atoms with Crippen LogP contribution in [0.1, 0.15) is 11.1 Å². The van der Waals surface area contributed by atoms with Gasteiger partial charge in [-0.3, -0.25) is 9.69 Å². The van der Waals surface area contributed by atoms with Gasteiger partial charge in [-0.15, -0.1) is 0 Å². The maximum Gasteiger partial charge on any atom is 0.262 e. The van der Waals surface area contributed by atoms with Crippen molar-refractivity contribution in [1.82, 2.24) is 0 Å². The van der Waals surface area contributed by atoms with Crippen LogP contribution in [0.2, 0.25) is 0 Å². The Kier molecular flexibility index (Phi) is 4.68. The first-order chi connectivity index (χ1) is 13.7. The van der Waals surface area contributed by atoms with Crippen molar-refractivity contribution in [2.75, 3.05) is 12.0 Å². The Morgan fingerprint density at radius 2 is 1.57 bits per heavy atom. The van der Waals surface area contributed by atoms with Crippen LogP contribution in [0.4, 0.5) is 5.69 Å². The second kappa shape index (κ2) is 7.45. The number of ether oxygens (including phenoxy) is 1. The first kappa shape index (κ1) is 17.6. The number of phenols is 1. The molecule has 1 N–H and O–H groups in total. The van der Waals surface area contributed by atoms with Crippen LogP contribution >= 0.6 is 0 Å². The van der Waals surface area contributed by atoms with Crippen molar-refractivity contribution in [3.05, 3.63) is 102 Å². The molecule has 0 radical (unpaired) electrons. The average Bonchev–Trinajstić information content (AvgIpc) is 3.06. The molecular weight excluding hydrogens is 350 g/mol. The van der Waals surface area contributed by atoms with Crippen LogP contribution in [0, 0.1) is 0 Å². The molecule has 0 bridgehead atoms. The summed E-state index contributed by atoms with van der Waals surface area (Å²) in [6, 6.07) is 24.0. The van der Waals surface area contributed by atoms with Gasteiger partial charge in [0.05, 0.1) is 12.8 Å². The highest BCUT2D eigenvalue weighted by molar-refractivity contribution is 6.23. The summed E-state index contributed by atoms with van der Waals surface area (Å²) in [5.74, 6) is 0.820. The Bertz CT molecular complexity index is 1050. The zero-order chi connectivity index (χ0) is 19.5. The van der Waals surface area contributed by atoms with Crippen molar-refractivity contribution in [3.63, 3.8) is 0 Å². The summed E-state index contributed by atoms with van der Waals surface area (Å²) in [7, 11) is 1.62. The summed E-state index contributed by atoms with van der Waals surface area (Å²) >= 11 is 0. The fraction of sp³-hybridized carbons (Fsp3) is 0.0417. The largest absolute Gasteiger partial charge is 0.508 e. The SMILES string of the molecule is COc1ccc(C=C2C=C(c3ccccc3)N(c3ccc(O)cc3)C2=O)cc1. The minimum atomic E-state index is -0.111. The average molecular weight is 369 g/mol. The number of nitrogens with zero attached hydrogens (tertiary/aromatic N) is 1. The van der Waals surface area contributed by atoms with E-state index in [0.29, 0.717) is 11.3 Å². The maximum absolute atomic E-state index is 13.2. The Balaban J connectivity index is 1.78. The molecule has 0 unspecified atom stereocenters. The fourth-order valence-corrected chi connectivity index (χ4v) is 3.17. The highest BCUT2D eigenvalue weighted by Gasteiger charge is 2.30. The van der Waals surface area contributed by atoms with Crippen molar-refractivity contribution >= 4 is 23.4 Å². The van der Waals surface area contributed by atoms with E-state index in [4.69, 9.17) is 4.74 Å². The van der Waals surface area contributed by atoms with Crippen molar-refractivity contribution < 1.29 is 14.6 Å². The number of hydrogen-bond donors (Lipinski definition) is 1. The number of carbonyl (C=O) groups is 1. The van der Waals surface area contributed by atoms with E-state index in [9.17, 15) is 9.90 Å². The molecule has 0 aliphatic carbocycles. The van der Waals surface area contributed by atoms with Gasteiger partial charge in [-0.25, -0.2) is 0 Å². The third-order valence-corrected chi connectivity index (χ3v) is 4.60. The summed E-state index contributed by atoms with van der Waals surface area (Å²) in [4.78, 5) is 14.9. The van der Waals surface area contributed by atoms with Crippen LogP contribution in [-0.4, -0.2) is 18.1 Å². The lowest BCUT2D eigenvalue weighted by molar-refractivity contribution is -0.113. The molecule has 0 saturated carbocycles. The lowest BCUT2D eigenvalue weighted by atomic mass is 10.1. The summed E-state index contributed by atoms with van der Waals surface area (Å²) in [6.45, 7) is 0. The molecule has 1 heterocycles. The van der Waals surface area contributed by atoms with E-state index in [1.165, 1.54) is 0 Å². The molecule has 4 rings (SSSR count). The van der Waals surface area contributed by atoms with Gasteiger partial charge in [0.15, 0.2) is 0 Å². The van der Waals surface area contributed by atoms with Crippen LogP contribution in [0.5, 0.6) is 11.5 Å². The van der Waals surface area contributed by atoms with Gasteiger partial charge in [-0.1, -0.05) is 42.5 Å². The second-order valence-corrected chi connectivity index (χ2v) is 6.43. The lowest BCUT2D eigenvalue weighted by Crippen LogP contribution is -2.24. The van der Waals surface area contributed by atoms with Crippen LogP contribution < -0.4 is 9.64 Å². The molecule has 0 spiro atoms. The number of rotatable bonds is 4. The smallest absolute Gasteiger partial charge is 0.262 e. The minimum absolute atomic E-state index is 0.111. The van der Waals surface area contributed by atoms with Crippen molar-refractivity contribution in [2.24, 2.45) is 0 Å². The third-order valence-electron chi connectivity index (χ3n) is 4.60. The van der Waals surface area contributed by atoms with Crippen LogP contribution in [-0.2, 0) is 4.79 Å². The van der Waals surface area contributed by atoms with Crippen molar-refractivity contribution in [2.45, 2.75) is 0 Å². The second-order valence-electron chi connectivity index (χ2n) is 6.43. The number of hydrogen-bond acceptors (Lipinski definition) is 3. The number of aromatic hydroxyl groups is 1. The molecule has 0 saturated heterocycles. The Morgan fingerprint density at radius 3 is 2.21 bits per heavy atom. The molecule has 138 valence electrons. The molecule has 3 aromatic carbocycles. The molecular formula is C24H19NO3.